The average Bonchev–Trinajstić information content (AvgIpc) is 2.28. The number of carbonyl (C=O) groups is 1. The molecule has 0 atom stereocenters. The molecule has 1 saturated heterocycles. The van der Waals surface area contributed by atoms with E-state index in [-0.39, 0.29) is 5.60 Å². The molecule has 5 heteroatoms. The standard InChI is InChI=1S/C12H17N3O2/c1-12(2)8-15(5-6-17-12)9-3-4-14-10(7-9)11(13)16/h3-4,7H,5-6,8H2,1-2H3,(H2,13,16). The molecule has 2 rings (SSSR count). The number of aromatic nitrogens is 1. The van der Waals surface area contributed by atoms with E-state index in [0.29, 0.717) is 12.3 Å². The molecule has 1 fully saturated rings. The van der Waals surface area contributed by atoms with Crippen LogP contribution in [-0.4, -0.2) is 36.2 Å². The zero-order valence-electron chi connectivity index (χ0n) is 10.1. The number of primary amides is 1. The molecule has 92 valence electrons. The number of nitrogens with two attached hydrogens (primary N) is 1. The minimum Gasteiger partial charge on any atom is -0.372 e. The first-order chi connectivity index (χ1) is 7.98. The molecule has 0 radical (unpaired) electrons. The number of hydrogen-bond acceptors (Lipinski definition) is 4. The topological polar surface area (TPSA) is 68.5 Å². The Bertz CT molecular complexity index is 432. The van der Waals surface area contributed by atoms with Crippen LogP contribution in [0.25, 0.3) is 0 Å². The Morgan fingerprint density at radius 2 is 2.35 bits per heavy atom. The number of pyridine rings is 1. The molecule has 0 aromatic carbocycles. The molecule has 1 aromatic heterocycles. The second-order valence-corrected chi connectivity index (χ2v) is 4.79. The summed E-state index contributed by atoms with van der Waals surface area (Å²) in [6.07, 6.45) is 1.61. The summed E-state index contributed by atoms with van der Waals surface area (Å²) in [5.41, 5.74) is 6.31. The second-order valence-electron chi connectivity index (χ2n) is 4.79. The monoisotopic (exact) mass is 235 g/mol. The summed E-state index contributed by atoms with van der Waals surface area (Å²) >= 11 is 0. The highest BCUT2D eigenvalue weighted by atomic mass is 16.5. The summed E-state index contributed by atoms with van der Waals surface area (Å²) in [5.74, 6) is -0.501. The van der Waals surface area contributed by atoms with Crippen LogP contribution in [-0.2, 0) is 4.74 Å². The molecule has 1 aliphatic heterocycles. The normalized spacial score (nSPS) is 19.1. The van der Waals surface area contributed by atoms with Crippen molar-refractivity contribution in [3.05, 3.63) is 24.0 Å². The molecule has 1 amide bonds. The molecule has 5 nitrogen and oxygen atoms in total. The minimum absolute atomic E-state index is 0.172. The summed E-state index contributed by atoms with van der Waals surface area (Å²) in [7, 11) is 0. The number of nitrogens with zero attached hydrogens (tertiary/aromatic N) is 2. The number of morpholine rings is 1. The molecule has 0 bridgehead atoms. The van der Waals surface area contributed by atoms with Crippen LogP contribution in [0, 0.1) is 0 Å². The Balaban J connectivity index is 2.22. The molecule has 17 heavy (non-hydrogen) atoms. The molecule has 0 saturated carbocycles. The number of anilines is 1. The largest absolute Gasteiger partial charge is 0.372 e. The first-order valence-corrected chi connectivity index (χ1v) is 5.63. The Morgan fingerprint density at radius 3 is 3.00 bits per heavy atom. The fourth-order valence-electron chi connectivity index (χ4n) is 1.99. The number of amides is 1. The van der Waals surface area contributed by atoms with Crippen molar-refractivity contribution < 1.29 is 9.53 Å². The van der Waals surface area contributed by atoms with Gasteiger partial charge in [-0.2, -0.15) is 0 Å². The van der Waals surface area contributed by atoms with Crippen LogP contribution in [0.3, 0.4) is 0 Å². The van der Waals surface area contributed by atoms with Crippen LogP contribution >= 0.6 is 0 Å². The van der Waals surface area contributed by atoms with E-state index in [1.54, 1.807) is 12.3 Å². The van der Waals surface area contributed by atoms with E-state index in [9.17, 15) is 4.79 Å². The van der Waals surface area contributed by atoms with Crippen molar-refractivity contribution in [2.24, 2.45) is 5.73 Å². The van der Waals surface area contributed by atoms with E-state index in [1.807, 2.05) is 6.07 Å². The maximum absolute atomic E-state index is 11.1. The van der Waals surface area contributed by atoms with Gasteiger partial charge in [0.25, 0.3) is 5.91 Å². The second kappa shape index (κ2) is 4.33. The molecule has 0 aliphatic carbocycles. The van der Waals surface area contributed by atoms with Gasteiger partial charge >= 0.3 is 0 Å². The smallest absolute Gasteiger partial charge is 0.267 e. The molecule has 1 aliphatic rings. The van der Waals surface area contributed by atoms with E-state index >= 15 is 0 Å². The molecule has 2 heterocycles. The first kappa shape index (κ1) is 11.9. The van der Waals surface area contributed by atoms with Crippen molar-refractivity contribution in [2.45, 2.75) is 19.4 Å². The van der Waals surface area contributed by atoms with Gasteiger partial charge in [-0.1, -0.05) is 0 Å². The van der Waals surface area contributed by atoms with Gasteiger partial charge in [-0.05, 0) is 26.0 Å². The zero-order chi connectivity index (χ0) is 12.5. The van der Waals surface area contributed by atoms with Gasteiger partial charge in [0.05, 0.1) is 12.2 Å². The fourth-order valence-corrected chi connectivity index (χ4v) is 1.99. The third-order valence-electron chi connectivity index (χ3n) is 2.79. The molecule has 0 spiro atoms. The third-order valence-corrected chi connectivity index (χ3v) is 2.79. The van der Waals surface area contributed by atoms with Crippen molar-refractivity contribution in [1.29, 1.82) is 0 Å². The Kier molecular flexibility index (Phi) is 3.02. The van der Waals surface area contributed by atoms with Gasteiger partial charge in [-0.25, -0.2) is 0 Å². The summed E-state index contributed by atoms with van der Waals surface area (Å²) in [4.78, 5) is 17.2. The highest BCUT2D eigenvalue weighted by Crippen LogP contribution is 2.22. The summed E-state index contributed by atoms with van der Waals surface area (Å²) in [6.45, 7) is 6.38. The van der Waals surface area contributed by atoms with Gasteiger partial charge in [0.2, 0.25) is 0 Å². The van der Waals surface area contributed by atoms with E-state index < -0.39 is 5.91 Å². The zero-order valence-corrected chi connectivity index (χ0v) is 10.1. The summed E-state index contributed by atoms with van der Waals surface area (Å²) in [6, 6.07) is 3.61. The van der Waals surface area contributed by atoms with Crippen LogP contribution in [0.15, 0.2) is 18.3 Å². The third kappa shape index (κ3) is 2.74. The predicted octanol–water partition coefficient (Wildman–Crippen LogP) is 0.796. The lowest BCUT2D eigenvalue weighted by molar-refractivity contribution is -0.0276. The molecular weight excluding hydrogens is 218 g/mol. The molecule has 2 N–H and O–H groups in total. The fraction of sp³-hybridized carbons (Fsp3) is 0.500. The molecular formula is C12H17N3O2. The maximum Gasteiger partial charge on any atom is 0.267 e. The van der Waals surface area contributed by atoms with Gasteiger partial charge in [0.15, 0.2) is 0 Å². The number of carbonyl (C=O) groups excluding carboxylic acids is 1. The lowest BCUT2D eigenvalue weighted by atomic mass is 10.1. The summed E-state index contributed by atoms with van der Waals surface area (Å²) in [5, 5.41) is 0. The average molecular weight is 235 g/mol. The highest BCUT2D eigenvalue weighted by molar-refractivity contribution is 5.91. The van der Waals surface area contributed by atoms with Gasteiger partial charge < -0.3 is 15.4 Å². The van der Waals surface area contributed by atoms with Crippen LogP contribution in [0.2, 0.25) is 0 Å². The number of rotatable bonds is 2. The van der Waals surface area contributed by atoms with Crippen LogP contribution < -0.4 is 10.6 Å². The van der Waals surface area contributed by atoms with Crippen molar-refractivity contribution in [1.82, 2.24) is 4.98 Å². The number of hydrogen-bond donors (Lipinski definition) is 1. The Labute approximate surface area is 101 Å². The minimum atomic E-state index is -0.501. The van der Waals surface area contributed by atoms with Gasteiger partial charge in [-0.3, -0.25) is 9.78 Å². The quantitative estimate of drug-likeness (QED) is 0.823. The van der Waals surface area contributed by atoms with Crippen LogP contribution in [0.4, 0.5) is 5.69 Å². The van der Waals surface area contributed by atoms with Crippen molar-refractivity contribution >= 4 is 11.6 Å². The van der Waals surface area contributed by atoms with Crippen molar-refractivity contribution in [3.8, 4) is 0 Å². The predicted molar refractivity (Wildman–Crippen MR) is 65.0 cm³/mol. The lowest BCUT2D eigenvalue weighted by Gasteiger charge is -2.39. The van der Waals surface area contributed by atoms with Crippen LogP contribution in [0.1, 0.15) is 24.3 Å². The van der Waals surface area contributed by atoms with Gasteiger partial charge in [-0.15, -0.1) is 0 Å². The maximum atomic E-state index is 11.1. The molecule has 1 aromatic rings. The van der Waals surface area contributed by atoms with E-state index in [1.165, 1.54) is 0 Å². The van der Waals surface area contributed by atoms with E-state index in [0.717, 1.165) is 18.8 Å². The number of ether oxygens (including phenoxy) is 1. The summed E-state index contributed by atoms with van der Waals surface area (Å²) < 4.78 is 5.65. The Hall–Kier alpha value is -1.62. The van der Waals surface area contributed by atoms with Gasteiger partial charge in [0.1, 0.15) is 5.69 Å². The first-order valence-electron chi connectivity index (χ1n) is 5.63. The lowest BCUT2D eigenvalue weighted by Crippen LogP contribution is -2.48. The van der Waals surface area contributed by atoms with Gasteiger partial charge in [0, 0.05) is 25.0 Å². The Morgan fingerprint density at radius 1 is 1.59 bits per heavy atom. The van der Waals surface area contributed by atoms with Crippen molar-refractivity contribution in [3.63, 3.8) is 0 Å². The van der Waals surface area contributed by atoms with E-state index in [4.69, 9.17) is 10.5 Å². The van der Waals surface area contributed by atoms with Crippen LogP contribution in [0.5, 0.6) is 0 Å². The van der Waals surface area contributed by atoms with E-state index in [2.05, 4.69) is 23.7 Å². The SMILES string of the molecule is CC1(C)CN(c2ccnc(C(N)=O)c2)CCO1. The molecule has 0 unspecified atom stereocenters. The highest BCUT2D eigenvalue weighted by Gasteiger charge is 2.27. The van der Waals surface area contributed by atoms with Crippen molar-refractivity contribution in [2.75, 3.05) is 24.6 Å².